The lowest BCUT2D eigenvalue weighted by molar-refractivity contribution is 0.896. The van der Waals surface area contributed by atoms with Gasteiger partial charge in [0.2, 0.25) is 11.9 Å². The molecule has 2 aromatic carbocycles. The number of benzene rings is 2. The van der Waals surface area contributed by atoms with Gasteiger partial charge in [-0.2, -0.15) is 10.1 Å². The van der Waals surface area contributed by atoms with Crippen molar-refractivity contribution in [1.82, 2.24) is 35.1 Å². The van der Waals surface area contributed by atoms with E-state index in [0.29, 0.717) is 39.7 Å². The van der Waals surface area contributed by atoms with E-state index in [0.717, 1.165) is 39.6 Å². The molecule has 0 bridgehead atoms. The van der Waals surface area contributed by atoms with Crippen molar-refractivity contribution in [3.05, 3.63) is 86.5 Å². The van der Waals surface area contributed by atoms with Crippen molar-refractivity contribution in [3.63, 3.8) is 0 Å². The van der Waals surface area contributed by atoms with E-state index in [-0.39, 0.29) is 11.9 Å². The van der Waals surface area contributed by atoms with Crippen LogP contribution < -0.4 is 16.8 Å². The monoisotopic (exact) mass is 596 g/mol. The van der Waals surface area contributed by atoms with Gasteiger partial charge in [-0.15, -0.1) is 0 Å². The first kappa shape index (κ1) is 29.0. The molecule has 0 amide bonds. The zero-order chi connectivity index (χ0) is 28.8. The van der Waals surface area contributed by atoms with Crippen LogP contribution in [0.4, 0.5) is 17.7 Å². The highest BCUT2D eigenvalue weighted by Crippen LogP contribution is 2.29. The number of aryl methyl sites for hydroxylation is 1. The van der Waals surface area contributed by atoms with Gasteiger partial charge in [-0.05, 0) is 44.0 Å². The zero-order valence-electron chi connectivity index (χ0n) is 22.0. The number of nitrogens with zero attached hydrogens (tertiary/aromatic N) is 6. The summed E-state index contributed by atoms with van der Waals surface area (Å²) in [6.45, 7) is 6.38. The van der Waals surface area contributed by atoms with Crippen molar-refractivity contribution in [2.45, 2.75) is 27.2 Å². The Hall–Kier alpha value is -3.99. The van der Waals surface area contributed by atoms with Gasteiger partial charge in [0.05, 0.1) is 11.4 Å². The lowest BCUT2D eigenvalue weighted by Gasteiger charge is -2.10. The molecule has 0 saturated carbocycles. The Morgan fingerprint density at radius 2 is 1.32 bits per heavy atom. The van der Waals surface area contributed by atoms with Crippen LogP contribution in [0, 0.1) is 20.8 Å². The van der Waals surface area contributed by atoms with E-state index in [4.69, 9.17) is 46.3 Å². The predicted molar refractivity (Wildman–Crippen MR) is 162 cm³/mol. The summed E-state index contributed by atoms with van der Waals surface area (Å²) in [7, 11) is 0. The number of rotatable bonds is 6. The van der Waals surface area contributed by atoms with Crippen molar-refractivity contribution in [2.75, 3.05) is 23.3 Å². The van der Waals surface area contributed by atoms with Gasteiger partial charge < -0.3 is 16.8 Å². The van der Waals surface area contributed by atoms with Crippen molar-refractivity contribution in [3.8, 4) is 22.5 Å². The zero-order valence-corrected chi connectivity index (χ0v) is 24.3. The molecule has 0 atom stereocenters. The molecule has 13 heteroatoms. The van der Waals surface area contributed by atoms with E-state index in [1.807, 2.05) is 63.2 Å². The molecule has 0 spiro atoms. The number of H-pyrrole nitrogens is 1. The molecule has 6 N–H and O–H groups in total. The number of hydrogen-bond donors (Lipinski definition) is 4. The minimum Gasteiger partial charge on any atom is -0.369 e. The second-order valence-corrected chi connectivity index (χ2v) is 9.97. The maximum atomic E-state index is 6.19. The molecule has 0 aliphatic carbocycles. The molecule has 0 unspecified atom stereocenters. The van der Waals surface area contributed by atoms with Crippen molar-refractivity contribution >= 4 is 52.5 Å². The van der Waals surface area contributed by atoms with E-state index in [1.165, 1.54) is 0 Å². The maximum absolute atomic E-state index is 6.19. The average Bonchev–Trinajstić information content (AvgIpc) is 3.31. The summed E-state index contributed by atoms with van der Waals surface area (Å²) in [4.78, 5) is 20.7. The number of aromatic nitrogens is 7. The largest absolute Gasteiger partial charge is 0.369 e. The van der Waals surface area contributed by atoms with Crippen LogP contribution in [0.3, 0.4) is 0 Å². The van der Waals surface area contributed by atoms with Crippen LogP contribution in [0.2, 0.25) is 15.2 Å². The molecule has 0 aliphatic heterocycles. The van der Waals surface area contributed by atoms with Crippen molar-refractivity contribution in [2.24, 2.45) is 0 Å². The molecule has 5 aromatic rings. The summed E-state index contributed by atoms with van der Waals surface area (Å²) in [6.07, 6.45) is 0.680. The van der Waals surface area contributed by atoms with Crippen LogP contribution in [0.25, 0.3) is 22.5 Å². The minimum absolute atomic E-state index is 0.155. The average molecular weight is 598 g/mol. The number of nitrogens with one attached hydrogen (secondary N) is 2. The number of aromatic amines is 1. The van der Waals surface area contributed by atoms with Gasteiger partial charge in [-0.25, -0.2) is 19.9 Å². The minimum atomic E-state index is 0.155. The highest BCUT2D eigenvalue weighted by Gasteiger charge is 2.10. The van der Waals surface area contributed by atoms with Gasteiger partial charge in [-0.1, -0.05) is 59.1 Å². The molecule has 206 valence electrons. The molecule has 3 aromatic heterocycles. The van der Waals surface area contributed by atoms with Crippen LogP contribution >= 0.6 is 34.8 Å². The van der Waals surface area contributed by atoms with Gasteiger partial charge in [0.1, 0.15) is 16.8 Å². The van der Waals surface area contributed by atoms with Crippen molar-refractivity contribution < 1.29 is 0 Å². The topological polar surface area (TPSA) is 157 Å². The molecule has 3 heterocycles. The van der Waals surface area contributed by atoms with Crippen LogP contribution in [0.1, 0.15) is 22.8 Å². The summed E-state index contributed by atoms with van der Waals surface area (Å²) in [5.74, 6) is 2.58. The fourth-order valence-corrected chi connectivity index (χ4v) is 4.38. The maximum Gasteiger partial charge on any atom is 0.222 e. The van der Waals surface area contributed by atoms with E-state index in [9.17, 15) is 0 Å². The Labute approximate surface area is 246 Å². The number of halogens is 3. The van der Waals surface area contributed by atoms with Gasteiger partial charge in [0.25, 0.3) is 0 Å². The molecular formula is C27H27Cl3N10. The van der Waals surface area contributed by atoms with Gasteiger partial charge in [-0.3, -0.25) is 5.10 Å². The van der Waals surface area contributed by atoms with E-state index >= 15 is 0 Å². The number of nitrogen functional groups attached to an aromatic ring is 2. The lowest BCUT2D eigenvalue weighted by Crippen LogP contribution is -2.09. The van der Waals surface area contributed by atoms with Crippen LogP contribution in [-0.2, 0) is 6.42 Å². The summed E-state index contributed by atoms with van der Waals surface area (Å²) >= 11 is 18.1. The van der Waals surface area contributed by atoms with E-state index < -0.39 is 0 Å². The van der Waals surface area contributed by atoms with Crippen LogP contribution in [0.5, 0.6) is 0 Å². The van der Waals surface area contributed by atoms with E-state index in [1.54, 1.807) is 6.07 Å². The molecule has 0 fully saturated rings. The first-order chi connectivity index (χ1) is 19.1. The molecule has 0 saturated heterocycles. The van der Waals surface area contributed by atoms with Crippen LogP contribution in [0.15, 0.2) is 48.5 Å². The fraction of sp³-hybridized carbons (Fsp3) is 0.185. The highest BCUT2D eigenvalue weighted by molar-refractivity contribution is 6.32. The molecule has 5 rings (SSSR count). The summed E-state index contributed by atoms with van der Waals surface area (Å²) < 4.78 is 0. The molecule has 0 radical (unpaired) electrons. The third kappa shape index (κ3) is 7.35. The van der Waals surface area contributed by atoms with Gasteiger partial charge in [0.15, 0.2) is 5.82 Å². The van der Waals surface area contributed by atoms with Gasteiger partial charge >= 0.3 is 0 Å². The molecular weight excluding hydrogens is 571 g/mol. The van der Waals surface area contributed by atoms with Crippen LogP contribution in [-0.4, -0.2) is 41.7 Å². The lowest BCUT2D eigenvalue weighted by atomic mass is 10.1. The Morgan fingerprint density at radius 3 is 1.88 bits per heavy atom. The number of nitrogens with two attached hydrogens (primary N) is 2. The van der Waals surface area contributed by atoms with Gasteiger partial charge in [0, 0.05) is 46.3 Å². The first-order valence-electron chi connectivity index (χ1n) is 12.2. The highest BCUT2D eigenvalue weighted by atomic mass is 35.5. The van der Waals surface area contributed by atoms with Crippen molar-refractivity contribution in [1.29, 1.82) is 0 Å². The molecule has 10 nitrogen and oxygen atoms in total. The normalized spacial score (nSPS) is 10.7. The predicted octanol–water partition coefficient (Wildman–Crippen LogP) is 6.11. The number of hydrogen-bond acceptors (Lipinski definition) is 9. The third-order valence-corrected chi connectivity index (χ3v) is 6.85. The Bertz CT molecular complexity index is 1620. The van der Waals surface area contributed by atoms with E-state index in [2.05, 4.69) is 40.4 Å². The summed E-state index contributed by atoms with van der Waals surface area (Å²) in [5.41, 5.74) is 16.5. The quantitative estimate of drug-likeness (QED) is 0.169. The SMILES string of the molecule is Cc1c(Cl)cccc1-c1cc(Cl)nc(N)n1.Cc1nc(CCNc2cc(-c3cccc(Cl)c3C)nc(N)n2)n[nH]1. The molecule has 40 heavy (non-hydrogen) atoms. The fourth-order valence-electron chi connectivity index (χ4n) is 3.84. The number of anilines is 3. The first-order valence-corrected chi connectivity index (χ1v) is 13.3. The summed E-state index contributed by atoms with van der Waals surface area (Å²) in [5, 5.41) is 11.9. The summed E-state index contributed by atoms with van der Waals surface area (Å²) in [6, 6.07) is 14.8. The second-order valence-electron chi connectivity index (χ2n) is 8.77. The smallest absolute Gasteiger partial charge is 0.222 e. The Kier molecular flexibility index (Phi) is 9.36. The Morgan fingerprint density at radius 1 is 0.750 bits per heavy atom. The second kappa shape index (κ2) is 12.9. The third-order valence-electron chi connectivity index (χ3n) is 5.84. The standard InChI is InChI=1S/C16H18ClN7.C11H9Cl2N3/c1-9-11(4-3-5-12(9)17)13-8-15(22-16(18)21-13)19-7-6-14-20-10(2)23-24-14;1-6-7(3-2-4-8(6)12)9-5-10(13)16-11(14)15-9/h3-5,8H,6-7H2,1-2H3,(H,20,23,24)(H3,18,19,21,22);2-5H,1H3,(H2,14,15,16). The Balaban J connectivity index is 0.000000201. The molecule has 0 aliphatic rings.